The van der Waals surface area contributed by atoms with Gasteiger partial charge >= 0.3 is 6.18 Å². The SMILES string of the molecule is N=C(Nc1cccc(C(F)(F)F)c1)c1nonc1NCCC1(NS(N)(=O)=O)CC1. The Morgan fingerprint density at radius 2 is 2.03 bits per heavy atom. The van der Waals surface area contributed by atoms with Gasteiger partial charge in [0.1, 0.15) is 0 Å². The second-order valence-corrected chi connectivity index (χ2v) is 7.94. The highest BCUT2D eigenvalue weighted by atomic mass is 32.2. The van der Waals surface area contributed by atoms with E-state index in [0.717, 1.165) is 12.1 Å². The summed E-state index contributed by atoms with van der Waals surface area (Å²) in [7, 11) is -3.82. The van der Waals surface area contributed by atoms with Crippen LogP contribution in [0.15, 0.2) is 28.9 Å². The van der Waals surface area contributed by atoms with Gasteiger partial charge in [-0.05, 0) is 47.8 Å². The summed E-state index contributed by atoms with van der Waals surface area (Å²) in [6.07, 6.45) is -2.82. The molecule has 29 heavy (non-hydrogen) atoms. The maximum Gasteiger partial charge on any atom is 0.416 e. The van der Waals surface area contributed by atoms with Crippen molar-refractivity contribution in [2.45, 2.75) is 31.0 Å². The summed E-state index contributed by atoms with van der Waals surface area (Å²) in [5, 5.41) is 25.6. The third-order valence-electron chi connectivity index (χ3n) is 4.29. The van der Waals surface area contributed by atoms with Crippen molar-refractivity contribution < 1.29 is 26.2 Å². The Bertz CT molecular complexity index is 1000. The molecule has 1 aliphatic rings. The second-order valence-electron chi connectivity index (χ2n) is 6.64. The van der Waals surface area contributed by atoms with E-state index in [1.807, 2.05) is 0 Å². The zero-order valence-electron chi connectivity index (χ0n) is 14.9. The Labute approximate surface area is 163 Å². The molecular weight excluding hydrogens is 415 g/mol. The molecule has 10 nitrogen and oxygen atoms in total. The van der Waals surface area contributed by atoms with E-state index in [2.05, 4.69) is 30.3 Å². The van der Waals surface area contributed by atoms with Crippen molar-refractivity contribution in [3.05, 3.63) is 35.5 Å². The standard InChI is InChI=1S/C15H18F3N7O3S/c16-15(17,18)9-2-1-3-10(8-9)22-12(19)11-13(24-28-23-11)21-7-6-14(4-5-14)25-29(20,26)27/h1-3,8,25H,4-7H2,(H2,19,22)(H,21,24)(H2,20,26,27). The Morgan fingerprint density at radius 1 is 1.31 bits per heavy atom. The first kappa shape index (κ1) is 21.0. The lowest BCUT2D eigenvalue weighted by atomic mass is 10.2. The normalized spacial score (nSPS) is 15.7. The van der Waals surface area contributed by atoms with Crippen LogP contribution < -0.4 is 20.5 Å². The zero-order valence-corrected chi connectivity index (χ0v) is 15.7. The van der Waals surface area contributed by atoms with Crippen molar-refractivity contribution in [3.8, 4) is 0 Å². The summed E-state index contributed by atoms with van der Waals surface area (Å²) in [6.45, 7) is 0.278. The molecule has 1 fully saturated rings. The summed E-state index contributed by atoms with van der Waals surface area (Å²) in [5.74, 6) is -0.224. The van der Waals surface area contributed by atoms with Gasteiger partial charge in [-0.25, -0.2) is 9.77 Å². The summed E-state index contributed by atoms with van der Waals surface area (Å²) >= 11 is 0. The van der Waals surface area contributed by atoms with Gasteiger partial charge in [-0.1, -0.05) is 6.07 Å². The highest BCUT2D eigenvalue weighted by Gasteiger charge is 2.44. The number of benzene rings is 1. The summed E-state index contributed by atoms with van der Waals surface area (Å²) in [5.41, 5.74) is -1.45. The zero-order chi connectivity index (χ0) is 21.3. The van der Waals surface area contributed by atoms with Gasteiger partial charge < -0.3 is 10.6 Å². The number of halogens is 3. The van der Waals surface area contributed by atoms with Crippen LogP contribution in [0.1, 0.15) is 30.5 Å². The van der Waals surface area contributed by atoms with E-state index in [1.54, 1.807) is 0 Å². The smallest absolute Gasteiger partial charge is 0.365 e. The number of anilines is 2. The van der Waals surface area contributed by atoms with Gasteiger partial charge in [-0.3, -0.25) is 5.41 Å². The van der Waals surface area contributed by atoms with Crippen molar-refractivity contribution in [2.24, 2.45) is 5.14 Å². The minimum Gasteiger partial charge on any atom is -0.365 e. The van der Waals surface area contributed by atoms with Gasteiger partial charge in [-0.15, -0.1) is 0 Å². The first-order valence-corrected chi connectivity index (χ1v) is 9.93. The van der Waals surface area contributed by atoms with Crippen LogP contribution in [-0.2, 0) is 16.4 Å². The number of hydrogen-bond acceptors (Lipinski definition) is 7. The van der Waals surface area contributed by atoms with Gasteiger partial charge in [-0.2, -0.15) is 26.3 Å². The monoisotopic (exact) mass is 433 g/mol. The van der Waals surface area contributed by atoms with Crippen molar-refractivity contribution in [3.63, 3.8) is 0 Å². The van der Waals surface area contributed by atoms with Crippen LogP contribution in [0, 0.1) is 5.41 Å². The maximum atomic E-state index is 12.8. The minimum atomic E-state index is -4.51. The first-order chi connectivity index (χ1) is 13.5. The maximum absolute atomic E-state index is 12.8. The molecular formula is C15H18F3N7O3S. The molecule has 1 aliphatic carbocycles. The Kier molecular flexibility index (Phi) is 5.51. The molecule has 2 aromatic rings. The van der Waals surface area contributed by atoms with Crippen LogP contribution in [0.3, 0.4) is 0 Å². The molecule has 6 N–H and O–H groups in total. The Hall–Kier alpha value is -2.71. The number of rotatable bonds is 8. The lowest BCUT2D eigenvalue weighted by Gasteiger charge is -2.15. The molecule has 1 aromatic carbocycles. The first-order valence-electron chi connectivity index (χ1n) is 8.39. The average Bonchev–Trinajstić information content (AvgIpc) is 3.16. The van der Waals surface area contributed by atoms with Crippen LogP contribution in [0.4, 0.5) is 24.7 Å². The van der Waals surface area contributed by atoms with Crippen molar-refractivity contribution >= 4 is 27.6 Å². The fourth-order valence-corrected chi connectivity index (χ4v) is 3.63. The molecule has 1 saturated carbocycles. The summed E-state index contributed by atoms with van der Waals surface area (Å²) in [6, 6.07) is 4.38. The number of aromatic nitrogens is 2. The lowest BCUT2D eigenvalue weighted by molar-refractivity contribution is -0.137. The van der Waals surface area contributed by atoms with E-state index < -0.39 is 27.5 Å². The summed E-state index contributed by atoms with van der Waals surface area (Å²) < 4.78 is 67.8. The number of nitrogens with zero attached hydrogens (tertiary/aromatic N) is 2. The molecule has 1 aromatic heterocycles. The van der Waals surface area contributed by atoms with Gasteiger partial charge in [0.2, 0.25) is 5.82 Å². The fraction of sp³-hybridized carbons (Fsp3) is 0.400. The average molecular weight is 433 g/mol. The van der Waals surface area contributed by atoms with E-state index >= 15 is 0 Å². The number of nitrogens with one attached hydrogen (secondary N) is 4. The van der Waals surface area contributed by atoms with Crippen LogP contribution in [0.25, 0.3) is 0 Å². The number of amidine groups is 1. The van der Waals surface area contributed by atoms with Gasteiger partial charge in [0.05, 0.1) is 5.56 Å². The molecule has 0 unspecified atom stereocenters. The predicted molar refractivity (Wildman–Crippen MR) is 97.5 cm³/mol. The van der Waals surface area contributed by atoms with E-state index in [9.17, 15) is 21.6 Å². The van der Waals surface area contributed by atoms with Crippen molar-refractivity contribution in [2.75, 3.05) is 17.2 Å². The third kappa shape index (κ3) is 5.65. The van der Waals surface area contributed by atoms with E-state index in [4.69, 9.17) is 10.5 Å². The number of nitrogens with two attached hydrogens (primary N) is 1. The number of alkyl halides is 3. The van der Waals surface area contributed by atoms with Gasteiger partial charge in [0, 0.05) is 17.8 Å². The van der Waals surface area contributed by atoms with Crippen LogP contribution in [0.5, 0.6) is 0 Å². The molecule has 0 saturated heterocycles. The quantitative estimate of drug-likeness (QED) is 0.313. The van der Waals surface area contributed by atoms with E-state index in [0.29, 0.717) is 19.3 Å². The molecule has 0 amide bonds. The fourth-order valence-electron chi connectivity index (χ4n) is 2.72. The molecule has 0 aliphatic heterocycles. The highest BCUT2D eigenvalue weighted by Crippen LogP contribution is 2.39. The molecule has 0 bridgehead atoms. The molecule has 3 rings (SSSR count). The van der Waals surface area contributed by atoms with Crippen LogP contribution in [-0.4, -0.2) is 36.7 Å². The molecule has 158 valence electrons. The van der Waals surface area contributed by atoms with E-state index in [1.165, 1.54) is 12.1 Å². The second kappa shape index (κ2) is 7.61. The molecule has 1 heterocycles. The van der Waals surface area contributed by atoms with Crippen LogP contribution >= 0.6 is 0 Å². The van der Waals surface area contributed by atoms with Gasteiger partial charge in [0.15, 0.2) is 11.5 Å². The van der Waals surface area contributed by atoms with Crippen molar-refractivity contribution in [1.82, 2.24) is 15.0 Å². The Morgan fingerprint density at radius 3 is 2.66 bits per heavy atom. The predicted octanol–water partition coefficient (Wildman–Crippen LogP) is 1.65. The molecule has 14 heteroatoms. The lowest BCUT2D eigenvalue weighted by Crippen LogP contribution is -2.42. The molecule has 0 atom stereocenters. The largest absolute Gasteiger partial charge is 0.416 e. The van der Waals surface area contributed by atoms with Gasteiger partial charge in [0.25, 0.3) is 10.2 Å². The number of hydrogen-bond donors (Lipinski definition) is 5. The van der Waals surface area contributed by atoms with Crippen molar-refractivity contribution in [1.29, 1.82) is 5.41 Å². The Balaban J connectivity index is 1.61. The topological polar surface area (TPSA) is 159 Å². The summed E-state index contributed by atoms with van der Waals surface area (Å²) in [4.78, 5) is 0. The third-order valence-corrected chi connectivity index (χ3v) is 5.01. The molecule has 0 spiro atoms. The van der Waals surface area contributed by atoms with E-state index in [-0.39, 0.29) is 29.6 Å². The molecule has 0 radical (unpaired) electrons. The highest BCUT2D eigenvalue weighted by molar-refractivity contribution is 7.87. The van der Waals surface area contributed by atoms with Crippen LogP contribution in [0.2, 0.25) is 0 Å². The minimum absolute atomic E-state index is 0.0355.